The zero-order valence-electron chi connectivity index (χ0n) is 20.3. The highest BCUT2D eigenvalue weighted by atomic mass is 35.5. The Morgan fingerprint density at radius 2 is 1.72 bits per heavy atom. The van der Waals surface area contributed by atoms with E-state index in [-0.39, 0.29) is 31.3 Å². The van der Waals surface area contributed by atoms with Crippen molar-refractivity contribution in [1.29, 1.82) is 0 Å². The maximum Gasteiger partial charge on any atom is 0.250 e. The van der Waals surface area contributed by atoms with Crippen molar-refractivity contribution in [3.8, 4) is 23.0 Å². The van der Waals surface area contributed by atoms with Crippen molar-refractivity contribution < 1.29 is 34.1 Å². The van der Waals surface area contributed by atoms with Crippen LogP contribution in [0.1, 0.15) is 16.7 Å². The molecule has 11 heteroatoms. The van der Waals surface area contributed by atoms with Crippen LogP contribution in [0.15, 0.2) is 54.6 Å². The van der Waals surface area contributed by atoms with Gasteiger partial charge in [-0.1, -0.05) is 23.7 Å². The van der Waals surface area contributed by atoms with Gasteiger partial charge in [-0.15, -0.1) is 0 Å². The first-order valence-electron chi connectivity index (χ1n) is 12.4. The number of halogens is 1. The average Bonchev–Trinajstić information content (AvgIpc) is 3.64. The minimum atomic E-state index is -1.51. The minimum Gasteiger partial charge on any atom is -0.504 e. The van der Waals surface area contributed by atoms with Gasteiger partial charge in [-0.05, 0) is 60.0 Å². The number of carbonyl (C=O) groups is 3. The van der Waals surface area contributed by atoms with Crippen LogP contribution in [0.4, 0.5) is 5.69 Å². The van der Waals surface area contributed by atoms with Gasteiger partial charge in [0.1, 0.15) is 5.54 Å². The molecule has 2 saturated heterocycles. The van der Waals surface area contributed by atoms with Crippen molar-refractivity contribution in [2.45, 2.75) is 24.5 Å². The third-order valence-electron chi connectivity index (χ3n) is 8.04. The molecule has 0 bridgehead atoms. The molecule has 4 aliphatic heterocycles. The standard InChI is InChI=1S/C28H22ClN3O7/c29-15-3-4-17-16(10-15)28(27(37)30-17)24-23(18(31-28)7-13-1-5-19(33)20(34)8-13)25(35)32(26(24)36)11-14-2-6-21-22(9-14)39-12-38-21/h1-6,8-10,18,23-24,31,33-34H,7,11-12H2,(H,30,37)/t18-,23+,24-,28-/m0/s1. The Balaban J connectivity index is 1.30. The quantitative estimate of drug-likeness (QED) is 0.289. The summed E-state index contributed by atoms with van der Waals surface area (Å²) in [6.45, 7) is 0.110. The van der Waals surface area contributed by atoms with Crippen LogP contribution in [0.25, 0.3) is 0 Å². The van der Waals surface area contributed by atoms with E-state index < -0.39 is 41.1 Å². The number of nitrogens with one attached hydrogen (secondary N) is 2. The predicted molar refractivity (Wildman–Crippen MR) is 137 cm³/mol. The zero-order chi connectivity index (χ0) is 27.1. The van der Waals surface area contributed by atoms with E-state index in [0.717, 1.165) is 0 Å². The number of fused-ring (bicyclic) bond motifs is 5. The molecule has 0 radical (unpaired) electrons. The lowest BCUT2D eigenvalue weighted by molar-refractivity contribution is -0.143. The molecule has 4 atom stereocenters. The molecule has 3 aromatic rings. The third kappa shape index (κ3) is 3.41. The topological polar surface area (TPSA) is 137 Å². The average molecular weight is 548 g/mol. The highest BCUT2D eigenvalue weighted by Gasteiger charge is 2.70. The molecule has 1 spiro atoms. The van der Waals surface area contributed by atoms with E-state index in [0.29, 0.717) is 38.9 Å². The fourth-order valence-corrected chi connectivity index (χ4v) is 6.51. The summed E-state index contributed by atoms with van der Waals surface area (Å²) in [4.78, 5) is 42.9. The van der Waals surface area contributed by atoms with Gasteiger partial charge in [-0.2, -0.15) is 0 Å². The Kier molecular flexibility index (Phi) is 5.10. The number of anilines is 1. The Morgan fingerprint density at radius 1 is 0.923 bits per heavy atom. The van der Waals surface area contributed by atoms with Gasteiger partial charge in [0.2, 0.25) is 24.5 Å². The number of ether oxygens (including phenoxy) is 2. The van der Waals surface area contributed by atoms with Gasteiger partial charge in [0.15, 0.2) is 23.0 Å². The smallest absolute Gasteiger partial charge is 0.250 e. The van der Waals surface area contributed by atoms with Crippen molar-refractivity contribution in [3.05, 3.63) is 76.3 Å². The maximum atomic E-state index is 14.1. The van der Waals surface area contributed by atoms with E-state index in [2.05, 4.69) is 10.6 Å². The highest BCUT2D eigenvalue weighted by Crippen LogP contribution is 2.54. The zero-order valence-corrected chi connectivity index (χ0v) is 21.1. The summed E-state index contributed by atoms with van der Waals surface area (Å²) in [5.41, 5.74) is 0.829. The van der Waals surface area contributed by atoms with E-state index in [9.17, 15) is 24.6 Å². The van der Waals surface area contributed by atoms with Gasteiger partial charge in [-0.3, -0.25) is 24.6 Å². The number of amides is 3. The molecule has 3 aromatic carbocycles. The number of likely N-dealkylation sites (tertiary alicyclic amines) is 1. The fourth-order valence-electron chi connectivity index (χ4n) is 6.34. The van der Waals surface area contributed by atoms with Crippen molar-refractivity contribution in [3.63, 3.8) is 0 Å². The van der Waals surface area contributed by atoms with Crippen LogP contribution < -0.4 is 20.1 Å². The summed E-state index contributed by atoms with van der Waals surface area (Å²) in [6.07, 6.45) is 0.219. The second-order valence-corrected chi connectivity index (χ2v) is 10.6. The molecule has 3 amide bonds. The molecule has 4 N–H and O–H groups in total. The van der Waals surface area contributed by atoms with E-state index >= 15 is 0 Å². The SMILES string of the molecule is O=C1[C@@H]2[C@H](Cc3ccc(O)c(O)c3)N[C@]3(C(=O)Nc4ccc(Cl)cc43)[C@@H]2C(=O)N1Cc1ccc2c(c1)OCO2. The maximum absolute atomic E-state index is 14.1. The molecule has 7 rings (SSSR count). The largest absolute Gasteiger partial charge is 0.504 e. The van der Waals surface area contributed by atoms with Gasteiger partial charge in [0.25, 0.3) is 0 Å². The van der Waals surface area contributed by atoms with E-state index in [1.54, 1.807) is 42.5 Å². The van der Waals surface area contributed by atoms with E-state index in [1.165, 1.54) is 17.0 Å². The number of phenols is 2. The van der Waals surface area contributed by atoms with E-state index in [4.69, 9.17) is 21.1 Å². The van der Waals surface area contributed by atoms with Crippen molar-refractivity contribution in [2.24, 2.45) is 11.8 Å². The monoisotopic (exact) mass is 547 g/mol. The molecular formula is C28H22ClN3O7. The molecule has 39 heavy (non-hydrogen) atoms. The summed E-state index contributed by atoms with van der Waals surface area (Å²) in [7, 11) is 0. The Morgan fingerprint density at radius 3 is 2.54 bits per heavy atom. The summed E-state index contributed by atoms with van der Waals surface area (Å²) in [5, 5.41) is 26.4. The first kappa shape index (κ1) is 23.8. The summed E-state index contributed by atoms with van der Waals surface area (Å²) in [6, 6.07) is 14.0. The molecule has 198 valence electrons. The second-order valence-electron chi connectivity index (χ2n) is 10.2. The molecular weight excluding hydrogens is 526 g/mol. The number of hydrogen-bond donors (Lipinski definition) is 4. The lowest BCUT2D eigenvalue weighted by Crippen LogP contribution is -2.53. The van der Waals surface area contributed by atoms with Crippen LogP contribution in [-0.4, -0.2) is 45.7 Å². The van der Waals surface area contributed by atoms with Gasteiger partial charge >= 0.3 is 0 Å². The van der Waals surface area contributed by atoms with E-state index in [1.807, 2.05) is 0 Å². The summed E-state index contributed by atoms with van der Waals surface area (Å²) < 4.78 is 10.8. The predicted octanol–water partition coefficient (Wildman–Crippen LogP) is 2.64. The first-order valence-corrected chi connectivity index (χ1v) is 12.8. The van der Waals surface area contributed by atoms with Crippen LogP contribution in [0.2, 0.25) is 5.02 Å². The van der Waals surface area contributed by atoms with Crippen LogP contribution in [0.5, 0.6) is 23.0 Å². The Bertz CT molecular complexity index is 1590. The van der Waals surface area contributed by atoms with Gasteiger partial charge in [-0.25, -0.2) is 0 Å². The van der Waals surface area contributed by atoms with Crippen molar-refractivity contribution >= 4 is 35.0 Å². The minimum absolute atomic E-state index is 0.00806. The normalized spacial score (nSPS) is 26.3. The number of carbonyl (C=O) groups excluding carboxylic acids is 3. The lowest BCUT2D eigenvalue weighted by Gasteiger charge is -2.29. The molecule has 10 nitrogen and oxygen atoms in total. The molecule has 4 heterocycles. The van der Waals surface area contributed by atoms with Crippen LogP contribution in [0.3, 0.4) is 0 Å². The number of imide groups is 1. The van der Waals surface area contributed by atoms with Gasteiger partial charge in [0.05, 0.1) is 18.4 Å². The van der Waals surface area contributed by atoms with Gasteiger partial charge in [0, 0.05) is 22.3 Å². The summed E-state index contributed by atoms with van der Waals surface area (Å²) in [5.74, 6) is -2.62. The van der Waals surface area contributed by atoms with Crippen molar-refractivity contribution in [2.75, 3.05) is 12.1 Å². The second kappa shape index (κ2) is 8.36. The molecule has 0 aliphatic carbocycles. The molecule has 0 saturated carbocycles. The van der Waals surface area contributed by atoms with Crippen molar-refractivity contribution in [1.82, 2.24) is 10.2 Å². The Hall–Kier alpha value is -4.28. The number of phenolic OH excluding ortho intramolecular Hbond substituents is 2. The molecule has 4 aliphatic rings. The molecule has 0 unspecified atom stereocenters. The summed E-state index contributed by atoms with van der Waals surface area (Å²) >= 11 is 6.32. The lowest BCUT2D eigenvalue weighted by atomic mass is 9.76. The number of rotatable bonds is 4. The fraction of sp³-hybridized carbons (Fsp3) is 0.250. The number of hydrogen-bond acceptors (Lipinski definition) is 8. The Labute approximate surface area is 227 Å². The van der Waals surface area contributed by atoms with Crippen LogP contribution >= 0.6 is 11.6 Å². The highest BCUT2D eigenvalue weighted by molar-refractivity contribution is 6.31. The number of aromatic hydroxyl groups is 2. The number of nitrogens with zero attached hydrogens (tertiary/aromatic N) is 1. The molecule has 0 aromatic heterocycles. The number of benzene rings is 3. The molecule has 2 fully saturated rings. The van der Waals surface area contributed by atoms with Gasteiger partial charge < -0.3 is 25.0 Å². The van der Waals surface area contributed by atoms with Crippen LogP contribution in [-0.2, 0) is 32.9 Å². The first-order chi connectivity index (χ1) is 18.8. The third-order valence-corrected chi connectivity index (χ3v) is 8.28. The van der Waals surface area contributed by atoms with Crippen LogP contribution in [0, 0.1) is 11.8 Å².